The molecule has 0 atom stereocenters. The summed E-state index contributed by atoms with van der Waals surface area (Å²) in [6.45, 7) is 10.4. The topological polar surface area (TPSA) is 82.6 Å². The van der Waals surface area contributed by atoms with Crippen LogP contribution in [0.25, 0.3) is 0 Å². The lowest BCUT2D eigenvalue weighted by atomic mass is 9.87. The van der Waals surface area contributed by atoms with E-state index in [-0.39, 0.29) is 31.7 Å². The molecule has 1 aromatic rings. The van der Waals surface area contributed by atoms with Gasteiger partial charge in [0.15, 0.2) is 0 Å². The van der Waals surface area contributed by atoms with Crippen molar-refractivity contribution in [2.75, 3.05) is 73.7 Å². The Morgan fingerprint density at radius 3 is 2.29 bits per heavy atom. The van der Waals surface area contributed by atoms with E-state index < -0.39 is 10.0 Å². The lowest BCUT2D eigenvalue weighted by Gasteiger charge is -2.42. The summed E-state index contributed by atoms with van der Waals surface area (Å²) in [4.78, 5) is 20.4. The molecule has 2 saturated heterocycles. The van der Waals surface area contributed by atoms with E-state index in [4.69, 9.17) is 9.47 Å². The molecule has 9 nitrogen and oxygen atoms in total. The van der Waals surface area contributed by atoms with Crippen LogP contribution in [0.4, 0.5) is 0 Å². The number of ether oxygens (including phenoxy) is 2. The zero-order chi connectivity index (χ0) is 30.3. The highest BCUT2D eigenvalue weighted by Crippen LogP contribution is 2.31. The predicted octanol–water partition coefficient (Wildman–Crippen LogP) is 3.78. The third-order valence-electron chi connectivity index (χ3n) is 9.87. The van der Waals surface area contributed by atoms with Gasteiger partial charge in [-0.25, -0.2) is 8.42 Å². The lowest BCUT2D eigenvalue weighted by Crippen LogP contribution is -2.48. The summed E-state index contributed by atoms with van der Waals surface area (Å²) < 4.78 is 39.0. The van der Waals surface area contributed by atoms with Crippen molar-refractivity contribution < 1.29 is 22.7 Å². The van der Waals surface area contributed by atoms with Crippen molar-refractivity contribution >= 4 is 15.9 Å². The molecule has 0 aromatic heterocycles. The van der Waals surface area contributed by atoms with E-state index in [9.17, 15) is 13.2 Å². The maximum atomic E-state index is 13.4. The molecule has 2 heterocycles. The molecule has 0 N–H and O–H groups in total. The number of benzene rings is 1. The second kappa shape index (κ2) is 15.3. The first-order valence-corrected chi connectivity index (χ1v) is 17.5. The zero-order valence-corrected chi connectivity index (χ0v) is 27.5. The van der Waals surface area contributed by atoms with Gasteiger partial charge in [-0.1, -0.05) is 6.92 Å². The summed E-state index contributed by atoms with van der Waals surface area (Å²) in [6.07, 6.45) is 10.3. The number of amides is 1. The molecule has 2 aliphatic heterocycles. The molecular weight excluding hydrogens is 552 g/mol. The monoisotopic (exact) mass is 606 g/mol. The summed E-state index contributed by atoms with van der Waals surface area (Å²) in [5.74, 6) is 1.48. The first kappa shape index (κ1) is 33.2. The van der Waals surface area contributed by atoms with E-state index in [0.29, 0.717) is 28.7 Å². The second-order valence-corrected chi connectivity index (χ2v) is 14.6. The molecule has 1 aromatic carbocycles. The molecule has 1 saturated carbocycles. The van der Waals surface area contributed by atoms with Crippen molar-refractivity contribution in [3.05, 3.63) is 23.3 Å². The van der Waals surface area contributed by atoms with E-state index in [0.717, 1.165) is 37.2 Å². The molecule has 42 heavy (non-hydrogen) atoms. The van der Waals surface area contributed by atoms with Crippen LogP contribution >= 0.6 is 0 Å². The number of likely N-dealkylation sites (N-methyl/N-ethyl adjacent to an activating group) is 2. The molecule has 3 aliphatic rings. The fourth-order valence-electron chi connectivity index (χ4n) is 7.14. The van der Waals surface area contributed by atoms with Gasteiger partial charge in [0.25, 0.3) is 0 Å². The molecule has 10 heteroatoms. The molecule has 0 spiro atoms. The minimum atomic E-state index is -3.70. The smallest absolute Gasteiger partial charge is 0.248 e. The highest BCUT2D eigenvalue weighted by atomic mass is 32.2. The Morgan fingerprint density at radius 2 is 1.67 bits per heavy atom. The molecule has 238 valence electrons. The van der Waals surface area contributed by atoms with Gasteiger partial charge in [0, 0.05) is 39.3 Å². The van der Waals surface area contributed by atoms with Gasteiger partial charge in [-0.2, -0.15) is 4.31 Å². The minimum Gasteiger partial charge on any atom is -0.497 e. The van der Waals surface area contributed by atoms with Gasteiger partial charge in [-0.05, 0) is 120 Å². The molecule has 3 fully saturated rings. The van der Waals surface area contributed by atoms with E-state index in [1.54, 1.807) is 33.2 Å². The number of rotatable bonds is 13. The first-order valence-electron chi connectivity index (χ1n) is 16.1. The van der Waals surface area contributed by atoms with Gasteiger partial charge in [0.1, 0.15) is 12.4 Å². The normalized spacial score (nSPS) is 23.0. The van der Waals surface area contributed by atoms with E-state index in [2.05, 4.69) is 9.80 Å². The van der Waals surface area contributed by atoms with Crippen LogP contribution in [0.5, 0.6) is 5.75 Å². The van der Waals surface area contributed by atoms with Crippen LogP contribution in [-0.2, 0) is 26.0 Å². The van der Waals surface area contributed by atoms with Crippen molar-refractivity contribution in [1.82, 2.24) is 19.0 Å². The van der Waals surface area contributed by atoms with Crippen LogP contribution in [0, 0.1) is 12.8 Å². The molecule has 0 unspecified atom stereocenters. The van der Waals surface area contributed by atoms with Crippen LogP contribution < -0.4 is 4.74 Å². The van der Waals surface area contributed by atoms with Gasteiger partial charge < -0.3 is 24.2 Å². The Balaban J connectivity index is 1.16. The maximum absolute atomic E-state index is 13.4. The van der Waals surface area contributed by atoms with Crippen LogP contribution in [0.3, 0.4) is 0 Å². The summed E-state index contributed by atoms with van der Waals surface area (Å²) >= 11 is 0. The standard InChI is InChI=1S/C32H54N4O5S/c1-6-27-22-30(40-5)21-25(2)32(27)42(38,39)33(3)19-20-41-24-31(37)34(4)28-9-11-29(12-10-28)36-17-13-26(14-18-36)23-35-15-7-8-16-35/h21-22,26,28-29H,6-20,23-24H2,1-5H3. The van der Waals surface area contributed by atoms with E-state index in [1.165, 1.54) is 62.7 Å². The fraction of sp³-hybridized carbons (Fsp3) is 0.781. The van der Waals surface area contributed by atoms with Crippen molar-refractivity contribution in [3.8, 4) is 5.75 Å². The SMILES string of the molecule is CCc1cc(OC)cc(C)c1S(=O)(=O)N(C)CCOCC(=O)N(C)C1CCC(N2CCC(CN3CCCC3)CC2)CC1. The predicted molar refractivity (Wildman–Crippen MR) is 167 cm³/mol. The average molecular weight is 607 g/mol. The average Bonchev–Trinajstić information content (AvgIpc) is 3.51. The number of carbonyl (C=O) groups is 1. The number of sulfonamides is 1. The zero-order valence-electron chi connectivity index (χ0n) is 26.6. The van der Waals surface area contributed by atoms with Gasteiger partial charge in [0.05, 0.1) is 18.6 Å². The quantitative estimate of drug-likeness (QED) is 0.316. The number of hydrogen-bond acceptors (Lipinski definition) is 7. The van der Waals surface area contributed by atoms with Crippen molar-refractivity contribution in [2.45, 2.75) is 88.6 Å². The van der Waals surface area contributed by atoms with Crippen LogP contribution in [-0.4, -0.2) is 119 Å². The minimum absolute atomic E-state index is 0.0311. The summed E-state index contributed by atoms with van der Waals surface area (Å²) in [7, 11) is 1.32. The van der Waals surface area contributed by atoms with Crippen molar-refractivity contribution in [2.24, 2.45) is 5.92 Å². The number of methoxy groups -OCH3 is 1. The second-order valence-electron chi connectivity index (χ2n) is 12.6. The Morgan fingerprint density at radius 1 is 1.00 bits per heavy atom. The number of nitrogens with zero attached hydrogens (tertiary/aromatic N) is 4. The van der Waals surface area contributed by atoms with Gasteiger partial charge in [-0.15, -0.1) is 0 Å². The van der Waals surface area contributed by atoms with Gasteiger partial charge in [-0.3, -0.25) is 4.79 Å². The third-order valence-corrected chi connectivity index (χ3v) is 12.0. The molecule has 0 bridgehead atoms. The largest absolute Gasteiger partial charge is 0.497 e. The summed E-state index contributed by atoms with van der Waals surface area (Å²) in [6, 6.07) is 4.42. The third kappa shape index (κ3) is 8.25. The Kier molecular flexibility index (Phi) is 12.1. The highest BCUT2D eigenvalue weighted by molar-refractivity contribution is 7.89. The van der Waals surface area contributed by atoms with Crippen molar-refractivity contribution in [1.29, 1.82) is 0 Å². The van der Waals surface area contributed by atoms with Crippen molar-refractivity contribution in [3.63, 3.8) is 0 Å². The Bertz CT molecular complexity index is 1120. The van der Waals surface area contributed by atoms with Gasteiger partial charge >= 0.3 is 0 Å². The van der Waals surface area contributed by atoms with Crippen LogP contribution in [0.15, 0.2) is 17.0 Å². The number of carbonyl (C=O) groups excluding carboxylic acids is 1. The lowest BCUT2D eigenvalue weighted by molar-refractivity contribution is -0.137. The maximum Gasteiger partial charge on any atom is 0.248 e. The molecule has 1 aliphatic carbocycles. The summed E-state index contributed by atoms with van der Waals surface area (Å²) in [5, 5.41) is 0. The van der Waals surface area contributed by atoms with E-state index in [1.807, 2.05) is 18.9 Å². The number of aryl methyl sites for hydroxylation is 2. The van der Waals surface area contributed by atoms with E-state index >= 15 is 0 Å². The molecule has 0 radical (unpaired) electrons. The van der Waals surface area contributed by atoms with Gasteiger partial charge in [0.2, 0.25) is 15.9 Å². The highest BCUT2D eigenvalue weighted by Gasteiger charge is 2.32. The van der Waals surface area contributed by atoms with Crippen LogP contribution in [0.2, 0.25) is 0 Å². The molecular formula is C32H54N4O5S. The molecule has 1 amide bonds. The summed E-state index contributed by atoms with van der Waals surface area (Å²) in [5.41, 5.74) is 1.39. The molecule has 4 rings (SSSR count). The first-order chi connectivity index (χ1) is 20.1. The Labute approximate surface area is 254 Å². The number of piperidine rings is 1. The fourth-order valence-corrected chi connectivity index (χ4v) is 8.76. The Hall–Kier alpha value is -1.72. The number of likely N-dealkylation sites (tertiary alicyclic amines) is 2. The van der Waals surface area contributed by atoms with Crippen LogP contribution in [0.1, 0.15) is 69.4 Å². The number of hydrogen-bond donors (Lipinski definition) is 0.